The summed E-state index contributed by atoms with van der Waals surface area (Å²) in [4.78, 5) is 34.7. The van der Waals surface area contributed by atoms with E-state index in [-0.39, 0.29) is 34.4 Å². The average Bonchev–Trinajstić information content (AvgIpc) is 3.83. The molecule has 6 aromatic rings. The van der Waals surface area contributed by atoms with Gasteiger partial charge in [0.25, 0.3) is 21.6 Å². The highest BCUT2D eigenvalue weighted by Crippen LogP contribution is 2.45. The molecule has 8 rings (SSSR count). The molecule has 14 heteroatoms. The number of amides is 1. The van der Waals surface area contributed by atoms with Gasteiger partial charge in [-0.05, 0) is 95.8 Å². The van der Waals surface area contributed by atoms with E-state index in [0.717, 1.165) is 54.1 Å². The van der Waals surface area contributed by atoms with Crippen LogP contribution in [0.15, 0.2) is 120 Å². The Morgan fingerprint density at radius 1 is 0.983 bits per heavy atom. The summed E-state index contributed by atoms with van der Waals surface area (Å²) in [5.41, 5.74) is 4.45. The Bertz CT molecular complexity index is 2570. The number of ether oxygens (including phenoxy) is 2. The van der Waals surface area contributed by atoms with Gasteiger partial charge in [0, 0.05) is 49.6 Å². The van der Waals surface area contributed by atoms with Crippen molar-refractivity contribution >= 4 is 44.0 Å². The number of nitrogens with zero attached hydrogens (tertiary/aromatic N) is 3. The van der Waals surface area contributed by atoms with Crippen LogP contribution in [0.5, 0.6) is 11.5 Å². The zero-order valence-corrected chi connectivity index (χ0v) is 33.0. The number of nitro groups is 1. The van der Waals surface area contributed by atoms with Gasteiger partial charge in [-0.3, -0.25) is 14.9 Å². The van der Waals surface area contributed by atoms with Crippen molar-refractivity contribution < 1.29 is 27.6 Å². The fraction of sp³-hybridized carbons (Fsp3) is 0.273. The topological polar surface area (TPSA) is 169 Å². The number of benzene rings is 4. The highest BCUT2D eigenvalue weighted by atomic mass is 32.2. The van der Waals surface area contributed by atoms with E-state index < -0.39 is 31.4 Å². The highest BCUT2D eigenvalue weighted by Gasteiger charge is 2.38. The van der Waals surface area contributed by atoms with Crippen LogP contribution < -0.4 is 19.7 Å². The van der Waals surface area contributed by atoms with Gasteiger partial charge in [0.1, 0.15) is 22.8 Å². The van der Waals surface area contributed by atoms with Crippen LogP contribution in [-0.4, -0.2) is 55.5 Å². The molecule has 13 nitrogen and oxygen atoms in total. The van der Waals surface area contributed by atoms with E-state index in [4.69, 9.17) is 9.47 Å². The number of sulfonamides is 1. The predicted octanol–water partition coefficient (Wildman–Crippen LogP) is 8.87. The van der Waals surface area contributed by atoms with Gasteiger partial charge >= 0.3 is 0 Å². The molecule has 1 unspecified atom stereocenters. The molecule has 1 amide bonds. The molecule has 298 valence electrons. The van der Waals surface area contributed by atoms with Crippen LogP contribution in [0, 0.1) is 21.4 Å². The number of carbonyl (C=O) groups excluding carboxylic acids is 1. The summed E-state index contributed by atoms with van der Waals surface area (Å²) >= 11 is 0. The minimum atomic E-state index is -4.56. The first kappa shape index (κ1) is 38.6. The van der Waals surface area contributed by atoms with E-state index in [9.17, 15) is 23.3 Å². The molecule has 1 atom stereocenters. The van der Waals surface area contributed by atoms with Gasteiger partial charge in [-0.15, -0.1) is 0 Å². The minimum absolute atomic E-state index is 0.0626. The lowest BCUT2D eigenvalue weighted by atomic mass is 9.89. The van der Waals surface area contributed by atoms with Gasteiger partial charge in [0.2, 0.25) is 0 Å². The molecule has 2 fully saturated rings. The van der Waals surface area contributed by atoms with Crippen molar-refractivity contribution in [1.29, 1.82) is 0 Å². The zero-order valence-electron chi connectivity index (χ0n) is 32.2. The molecule has 0 bridgehead atoms. The van der Waals surface area contributed by atoms with E-state index in [0.29, 0.717) is 31.2 Å². The third-order valence-corrected chi connectivity index (χ3v) is 12.2. The molecular formula is C44H44N6O7S. The van der Waals surface area contributed by atoms with E-state index in [1.165, 1.54) is 30.0 Å². The van der Waals surface area contributed by atoms with Crippen LogP contribution in [-0.2, 0) is 14.8 Å². The van der Waals surface area contributed by atoms with Gasteiger partial charge in [-0.25, -0.2) is 18.1 Å². The second-order valence-electron chi connectivity index (χ2n) is 15.7. The molecule has 0 spiro atoms. The second-order valence-corrected chi connectivity index (χ2v) is 17.4. The van der Waals surface area contributed by atoms with E-state index in [1.54, 1.807) is 24.4 Å². The number of fused-ring (bicyclic) bond motifs is 1. The highest BCUT2D eigenvalue weighted by molar-refractivity contribution is 7.90. The maximum absolute atomic E-state index is 13.9. The first-order chi connectivity index (χ1) is 27.9. The first-order valence-electron chi connectivity index (χ1n) is 19.3. The molecule has 2 aliphatic heterocycles. The predicted molar refractivity (Wildman–Crippen MR) is 223 cm³/mol. The molecule has 4 aromatic carbocycles. The summed E-state index contributed by atoms with van der Waals surface area (Å²) in [5, 5.41) is 15.9. The van der Waals surface area contributed by atoms with Crippen molar-refractivity contribution in [3.63, 3.8) is 0 Å². The zero-order chi connectivity index (χ0) is 40.4. The summed E-state index contributed by atoms with van der Waals surface area (Å²) in [5.74, 6) is -0.274. The molecule has 0 saturated carbocycles. The van der Waals surface area contributed by atoms with E-state index >= 15 is 0 Å². The number of H-pyrrole nitrogens is 1. The standard InChI is InChI=1S/C44H44N6O7S/c1-44(2)25-40(31-6-4-3-5-7-31)49(28-44)34-11-8-30(9-12-34)32-10-14-37(41(23-32)57-35-22-33-16-19-45-42(33)47-27-35)43(51)48-58(54,55)36-13-15-38(39(24-36)50(52)53)46-26-29-17-20-56-21-18-29/h3-16,19,22-24,27,29,40,46H,17-18,20-21,25-26,28H2,1-2H3,(H,45,47)(H,48,51). The summed E-state index contributed by atoms with van der Waals surface area (Å²) in [6.45, 7) is 7.21. The third kappa shape index (κ3) is 8.38. The van der Waals surface area contributed by atoms with Crippen LogP contribution in [0.25, 0.3) is 22.2 Å². The van der Waals surface area contributed by atoms with Gasteiger partial charge in [-0.2, -0.15) is 0 Å². The number of hydrogen-bond donors (Lipinski definition) is 3. The Labute approximate surface area is 336 Å². The van der Waals surface area contributed by atoms with Gasteiger partial charge in [0.15, 0.2) is 0 Å². The molecule has 0 radical (unpaired) electrons. The second kappa shape index (κ2) is 15.9. The molecular weight excluding hydrogens is 757 g/mol. The van der Waals surface area contributed by atoms with Gasteiger partial charge in [-0.1, -0.05) is 62.4 Å². The van der Waals surface area contributed by atoms with Crippen LogP contribution in [0.2, 0.25) is 0 Å². The number of hydrogen-bond acceptors (Lipinski definition) is 10. The Balaban J connectivity index is 1.07. The molecule has 2 saturated heterocycles. The van der Waals surface area contributed by atoms with Crippen molar-refractivity contribution in [3.05, 3.63) is 137 Å². The molecule has 0 aliphatic carbocycles. The van der Waals surface area contributed by atoms with E-state index in [1.807, 2.05) is 24.3 Å². The molecule has 58 heavy (non-hydrogen) atoms. The van der Waals surface area contributed by atoms with Crippen LogP contribution in [0.4, 0.5) is 17.1 Å². The van der Waals surface area contributed by atoms with Crippen molar-refractivity contribution in [2.45, 2.75) is 44.0 Å². The lowest BCUT2D eigenvalue weighted by molar-refractivity contribution is -0.384. The SMILES string of the molecule is CC1(C)CC(c2ccccc2)N(c2ccc(-c3ccc(C(=O)NS(=O)(=O)c4ccc(NCC5CCOCC5)c([N+](=O)[O-])c4)c(Oc4cnc5[nH]ccc5c4)c3)cc2)C1. The van der Waals surface area contributed by atoms with Crippen molar-refractivity contribution in [3.8, 4) is 22.6 Å². The largest absolute Gasteiger partial charge is 0.455 e. The number of rotatable bonds is 12. The molecule has 3 N–H and O–H groups in total. The Kier molecular flexibility index (Phi) is 10.6. The Hall–Kier alpha value is -6.25. The van der Waals surface area contributed by atoms with Gasteiger partial charge in [0.05, 0.1) is 27.6 Å². The third-order valence-electron chi connectivity index (χ3n) is 10.9. The number of carbonyl (C=O) groups is 1. The van der Waals surface area contributed by atoms with E-state index in [2.05, 4.69) is 75.2 Å². The van der Waals surface area contributed by atoms with Crippen molar-refractivity contribution in [1.82, 2.24) is 14.7 Å². The van der Waals surface area contributed by atoms with Crippen LogP contribution in [0.1, 0.15) is 55.1 Å². The number of pyridine rings is 1. The lowest BCUT2D eigenvalue weighted by Gasteiger charge is -2.27. The van der Waals surface area contributed by atoms with Crippen LogP contribution >= 0.6 is 0 Å². The number of nitro benzene ring substituents is 1. The summed E-state index contributed by atoms with van der Waals surface area (Å²) in [6, 6.07) is 31.1. The number of aromatic nitrogens is 2. The lowest BCUT2D eigenvalue weighted by Crippen LogP contribution is -2.31. The van der Waals surface area contributed by atoms with Gasteiger partial charge < -0.3 is 24.7 Å². The summed E-state index contributed by atoms with van der Waals surface area (Å²) in [6.07, 6.45) is 5.93. The maximum atomic E-state index is 13.9. The average molecular weight is 801 g/mol. The normalized spacial score (nSPS) is 16.9. The van der Waals surface area contributed by atoms with Crippen molar-refractivity contribution in [2.24, 2.45) is 11.3 Å². The number of aromatic amines is 1. The quantitative estimate of drug-likeness (QED) is 0.0803. The first-order valence-corrected chi connectivity index (χ1v) is 20.8. The Morgan fingerprint density at radius 2 is 1.74 bits per heavy atom. The summed E-state index contributed by atoms with van der Waals surface area (Å²) in [7, 11) is -4.56. The molecule has 2 aromatic heterocycles. The summed E-state index contributed by atoms with van der Waals surface area (Å²) < 4.78 is 41.0. The van der Waals surface area contributed by atoms with Crippen LogP contribution in [0.3, 0.4) is 0 Å². The monoisotopic (exact) mass is 800 g/mol. The van der Waals surface area contributed by atoms with Crippen molar-refractivity contribution in [2.75, 3.05) is 36.5 Å². The molecule has 2 aliphatic rings. The maximum Gasteiger partial charge on any atom is 0.293 e. The molecule has 4 heterocycles. The Morgan fingerprint density at radius 3 is 2.50 bits per heavy atom. The number of nitrogens with one attached hydrogen (secondary N) is 3. The number of anilines is 2. The fourth-order valence-electron chi connectivity index (χ4n) is 7.86. The smallest absolute Gasteiger partial charge is 0.293 e. The minimum Gasteiger partial charge on any atom is -0.455 e. The fourth-order valence-corrected chi connectivity index (χ4v) is 8.84.